The van der Waals surface area contributed by atoms with Crippen LogP contribution in [-0.4, -0.2) is 34.5 Å². The first-order chi connectivity index (χ1) is 9.74. The van der Waals surface area contributed by atoms with Gasteiger partial charge in [0, 0.05) is 12.5 Å². The molecule has 1 saturated heterocycles. The van der Waals surface area contributed by atoms with E-state index in [1.807, 2.05) is 12.1 Å². The van der Waals surface area contributed by atoms with Crippen molar-refractivity contribution in [2.24, 2.45) is 11.8 Å². The molecule has 0 amide bonds. The second kappa shape index (κ2) is 6.78. The lowest BCUT2D eigenvalue weighted by Gasteiger charge is -2.24. The summed E-state index contributed by atoms with van der Waals surface area (Å²) in [5.41, 5.74) is 3.87. The van der Waals surface area contributed by atoms with Crippen LogP contribution in [0.1, 0.15) is 18.0 Å². The Morgan fingerprint density at radius 1 is 1.20 bits per heavy atom. The molecule has 6 heteroatoms. The van der Waals surface area contributed by atoms with Crippen LogP contribution in [0.3, 0.4) is 0 Å². The zero-order valence-electron chi connectivity index (χ0n) is 12.1. The summed E-state index contributed by atoms with van der Waals surface area (Å²) < 4.78 is 21.5. The monoisotopic (exact) mass is 282 g/mol. The quantitative estimate of drug-likeness (QED) is 0.604. The highest BCUT2D eigenvalue weighted by Gasteiger charge is 2.28. The smallest absolute Gasteiger partial charge is 0.203 e. The Hall–Kier alpha value is -1.50. The van der Waals surface area contributed by atoms with Crippen LogP contribution in [0, 0.1) is 5.92 Å². The first kappa shape index (κ1) is 14.9. The Kier molecular flexibility index (Phi) is 5.05. The minimum Gasteiger partial charge on any atom is -0.493 e. The van der Waals surface area contributed by atoms with Gasteiger partial charge in [-0.1, -0.05) is 0 Å². The summed E-state index contributed by atoms with van der Waals surface area (Å²) in [6.07, 6.45) is 0.978. The van der Waals surface area contributed by atoms with Crippen LogP contribution in [0.15, 0.2) is 12.1 Å². The van der Waals surface area contributed by atoms with Crippen molar-refractivity contribution in [1.29, 1.82) is 0 Å². The number of rotatable bonds is 6. The number of hydrogen-bond donors (Lipinski definition) is 2. The van der Waals surface area contributed by atoms with Gasteiger partial charge in [0.15, 0.2) is 11.5 Å². The largest absolute Gasteiger partial charge is 0.493 e. The van der Waals surface area contributed by atoms with E-state index in [1.54, 1.807) is 21.3 Å². The molecule has 1 aromatic carbocycles. The number of ether oxygens (including phenoxy) is 4. The fourth-order valence-corrected chi connectivity index (χ4v) is 2.60. The lowest BCUT2D eigenvalue weighted by atomic mass is 9.92. The van der Waals surface area contributed by atoms with Crippen LogP contribution >= 0.6 is 0 Å². The van der Waals surface area contributed by atoms with Gasteiger partial charge in [-0.05, 0) is 24.1 Å². The molecule has 3 N–H and O–H groups in total. The summed E-state index contributed by atoms with van der Waals surface area (Å²) in [4.78, 5) is 0. The lowest BCUT2D eigenvalue weighted by molar-refractivity contribution is 0.176. The van der Waals surface area contributed by atoms with Crippen molar-refractivity contribution in [1.82, 2.24) is 5.43 Å². The molecule has 6 nitrogen and oxygen atoms in total. The maximum absolute atomic E-state index is 5.72. The predicted octanol–water partition coefficient (Wildman–Crippen LogP) is 1.25. The summed E-state index contributed by atoms with van der Waals surface area (Å²) in [5.74, 6) is 7.89. The van der Waals surface area contributed by atoms with Gasteiger partial charge >= 0.3 is 0 Å². The number of hydrogen-bond acceptors (Lipinski definition) is 6. The van der Waals surface area contributed by atoms with Crippen LogP contribution in [0.25, 0.3) is 0 Å². The van der Waals surface area contributed by atoms with Crippen molar-refractivity contribution in [2.45, 2.75) is 12.5 Å². The molecule has 20 heavy (non-hydrogen) atoms. The van der Waals surface area contributed by atoms with Gasteiger partial charge in [-0.25, -0.2) is 0 Å². The molecule has 0 aliphatic carbocycles. The highest BCUT2D eigenvalue weighted by atomic mass is 16.5. The Balaban J connectivity index is 2.39. The fourth-order valence-electron chi connectivity index (χ4n) is 2.60. The Morgan fingerprint density at radius 2 is 1.85 bits per heavy atom. The van der Waals surface area contributed by atoms with Crippen molar-refractivity contribution in [3.63, 3.8) is 0 Å². The average molecular weight is 282 g/mol. The molecular formula is C14H22N2O4. The Bertz CT molecular complexity index is 422. The van der Waals surface area contributed by atoms with E-state index in [1.165, 1.54) is 0 Å². The van der Waals surface area contributed by atoms with E-state index in [-0.39, 0.29) is 6.04 Å². The lowest BCUT2D eigenvalue weighted by Crippen LogP contribution is -2.33. The molecule has 112 valence electrons. The second-order valence-corrected chi connectivity index (χ2v) is 4.73. The molecule has 1 fully saturated rings. The topological polar surface area (TPSA) is 75.0 Å². The van der Waals surface area contributed by atoms with Gasteiger partial charge in [0.25, 0.3) is 0 Å². The molecule has 0 spiro atoms. The standard InChI is InChI=1S/C14H22N2O4/c1-17-11-6-10(7-12(18-2)14(11)19-3)13(16-15)9-4-5-20-8-9/h6-7,9,13,16H,4-5,8,15H2,1-3H3. The van der Waals surface area contributed by atoms with Crippen LogP contribution < -0.4 is 25.5 Å². The third kappa shape index (κ3) is 2.82. The van der Waals surface area contributed by atoms with Crippen molar-refractivity contribution in [2.75, 3.05) is 34.5 Å². The Morgan fingerprint density at radius 3 is 2.25 bits per heavy atom. The van der Waals surface area contributed by atoms with Gasteiger partial charge in [-0.2, -0.15) is 0 Å². The summed E-state index contributed by atoms with van der Waals surface area (Å²) in [7, 11) is 4.79. The summed E-state index contributed by atoms with van der Waals surface area (Å²) in [6, 6.07) is 3.83. The summed E-state index contributed by atoms with van der Waals surface area (Å²) >= 11 is 0. The van der Waals surface area contributed by atoms with Crippen molar-refractivity contribution < 1.29 is 18.9 Å². The predicted molar refractivity (Wildman–Crippen MR) is 75.1 cm³/mol. The summed E-state index contributed by atoms with van der Waals surface area (Å²) in [6.45, 7) is 1.47. The highest BCUT2D eigenvalue weighted by molar-refractivity contribution is 5.54. The van der Waals surface area contributed by atoms with E-state index in [4.69, 9.17) is 24.8 Å². The summed E-state index contributed by atoms with van der Waals surface area (Å²) in [5, 5.41) is 0. The van der Waals surface area contributed by atoms with Gasteiger partial charge in [0.05, 0.1) is 34.0 Å². The highest BCUT2D eigenvalue weighted by Crippen LogP contribution is 2.41. The first-order valence-electron chi connectivity index (χ1n) is 6.59. The molecule has 2 unspecified atom stereocenters. The average Bonchev–Trinajstić information content (AvgIpc) is 3.00. The maximum Gasteiger partial charge on any atom is 0.203 e. The third-order valence-electron chi connectivity index (χ3n) is 3.66. The van der Waals surface area contributed by atoms with E-state index < -0.39 is 0 Å². The van der Waals surface area contributed by atoms with E-state index >= 15 is 0 Å². The second-order valence-electron chi connectivity index (χ2n) is 4.73. The molecule has 2 rings (SSSR count). The molecule has 0 aromatic heterocycles. The number of nitrogens with one attached hydrogen (secondary N) is 1. The molecule has 1 aromatic rings. The molecular weight excluding hydrogens is 260 g/mol. The molecule has 1 heterocycles. The van der Waals surface area contributed by atoms with E-state index in [2.05, 4.69) is 5.43 Å². The van der Waals surface area contributed by atoms with Crippen LogP contribution in [0.5, 0.6) is 17.2 Å². The van der Waals surface area contributed by atoms with Crippen molar-refractivity contribution >= 4 is 0 Å². The maximum atomic E-state index is 5.72. The van der Waals surface area contributed by atoms with Gasteiger partial charge < -0.3 is 18.9 Å². The van der Waals surface area contributed by atoms with Gasteiger partial charge in [-0.3, -0.25) is 11.3 Å². The number of methoxy groups -OCH3 is 3. The van der Waals surface area contributed by atoms with Gasteiger partial charge in [0.1, 0.15) is 0 Å². The van der Waals surface area contributed by atoms with Gasteiger partial charge in [0.2, 0.25) is 5.75 Å². The first-order valence-corrected chi connectivity index (χ1v) is 6.59. The van der Waals surface area contributed by atoms with Crippen molar-refractivity contribution in [3.05, 3.63) is 17.7 Å². The number of nitrogens with two attached hydrogens (primary N) is 1. The molecule has 0 saturated carbocycles. The molecule has 0 radical (unpaired) electrons. The zero-order chi connectivity index (χ0) is 14.5. The van der Waals surface area contributed by atoms with Crippen LogP contribution in [0.4, 0.5) is 0 Å². The van der Waals surface area contributed by atoms with E-state index in [0.29, 0.717) is 29.8 Å². The van der Waals surface area contributed by atoms with Gasteiger partial charge in [-0.15, -0.1) is 0 Å². The molecule has 2 atom stereocenters. The molecule has 1 aliphatic heterocycles. The fraction of sp³-hybridized carbons (Fsp3) is 0.571. The number of benzene rings is 1. The minimum absolute atomic E-state index is 0.00814. The number of hydrazine groups is 1. The van der Waals surface area contributed by atoms with E-state index in [9.17, 15) is 0 Å². The van der Waals surface area contributed by atoms with E-state index in [0.717, 1.165) is 18.6 Å². The SMILES string of the molecule is COc1cc(C(NN)C2CCOC2)cc(OC)c1OC. The molecule has 1 aliphatic rings. The zero-order valence-corrected chi connectivity index (χ0v) is 12.1. The normalized spacial score (nSPS) is 19.7. The third-order valence-corrected chi connectivity index (χ3v) is 3.66. The molecule has 0 bridgehead atoms. The van der Waals surface area contributed by atoms with Crippen LogP contribution in [0.2, 0.25) is 0 Å². The Labute approximate surface area is 119 Å². The van der Waals surface area contributed by atoms with Crippen LogP contribution in [-0.2, 0) is 4.74 Å². The van der Waals surface area contributed by atoms with Crippen molar-refractivity contribution in [3.8, 4) is 17.2 Å². The minimum atomic E-state index is -0.00814.